The number of carbonyl (C=O) groups excluding carboxylic acids is 2. The van der Waals surface area contributed by atoms with Gasteiger partial charge < -0.3 is 10.1 Å². The van der Waals surface area contributed by atoms with Gasteiger partial charge >= 0.3 is 5.97 Å². The number of hydrogen-bond acceptors (Lipinski definition) is 6. The minimum Gasteiger partial charge on any atom is -0.462 e. The summed E-state index contributed by atoms with van der Waals surface area (Å²) < 4.78 is 34.2. The van der Waals surface area contributed by atoms with Crippen molar-refractivity contribution in [1.29, 1.82) is 0 Å². The van der Waals surface area contributed by atoms with E-state index >= 15 is 0 Å². The number of nitrogens with zero attached hydrogens (tertiary/aromatic N) is 3. The highest BCUT2D eigenvalue weighted by molar-refractivity contribution is 7.89. The van der Waals surface area contributed by atoms with E-state index in [1.54, 1.807) is 13.1 Å². The SMILES string of the molecule is CCOC(=O)c1ccc(S(=O)(=O)N2CCC(C(=O)Nc3c(C)cnn3CC3CC3)CC2)cc1. The molecule has 33 heavy (non-hydrogen) atoms. The van der Waals surface area contributed by atoms with Crippen LogP contribution >= 0.6 is 0 Å². The summed E-state index contributed by atoms with van der Waals surface area (Å²) in [5, 5.41) is 7.41. The molecule has 2 aliphatic rings. The van der Waals surface area contributed by atoms with Crippen molar-refractivity contribution < 1.29 is 22.7 Å². The Hall–Kier alpha value is -2.72. The topological polar surface area (TPSA) is 111 Å². The van der Waals surface area contributed by atoms with Gasteiger partial charge in [0, 0.05) is 31.1 Å². The second-order valence-corrected chi connectivity index (χ2v) is 10.7. The molecule has 1 aliphatic carbocycles. The first-order valence-corrected chi connectivity index (χ1v) is 12.8. The van der Waals surface area contributed by atoms with E-state index in [1.807, 2.05) is 11.6 Å². The summed E-state index contributed by atoms with van der Waals surface area (Å²) in [5.41, 5.74) is 1.23. The third-order valence-corrected chi connectivity index (χ3v) is 8.13. The zero-order chi connectivity index (χ0) is 23.6. The van der Waals surface area contributed by atoms with Crippen molar-refractivity contribution in [3.63, 3.8) is 0 Å². The van der Waals surface area contributed by atoms with Crippen molar-refractivity contribution in [3.8, 4) is 0 Å². The Balaban J connectivity index is 1.35. The molecule has 0 radical (unpaired) electrons. The van der Waals surface area contributed by atoms with Gasteiger partial charge in [-0.1, -0.05) is 0 Å². The monoisotopic (exact) mass is 474 g/mol. The van der Waals surface area contributed by atoms with Crippen LogP contribution in [0.15, 0.2) is 35.4 Å². The van der Waals surface area contributed by atoms with Crippen molar-refractivity contribution in [3.05, 3.63) is 41.6 Å². The van der Waals surface area contributed by atoms with Gasteiger partial charge in [0.05, 0.1) is 23.3 Å². The summed E-state index contributed by atoms with van der Waals surface area (Å²) >= 11 is 0. The number of esters is 1. The van der Waals surface area contributed by atoms with Crippen LogP contribution in [0.1, 0.15) is 48.5 Å². The highest BCUT2D eigenvalue weighted by Gasteiger charge is 2.33. The van der Waals surface area contributed by atoms with Crippen molar-refractivity contribution in [1.82, 2.24) is 14.1 Å². The molecular formula is C23H30N4O5S. The van der Waals surface area contributed by atoms with Crippen LogP contribution in [0, 0.1) is 18.8 Å². The third kappa shape index (κ3) is 5.27. The number of aryl methyl sites for hydroxylation is 1. The average molecular weight is 475 g/mol. The van der Waals surface area contributed by atoms with Gasteiger partial charge in [-0.2, -0.15) is 9.40 Å². The number of carbonyl (C=O) groups is 2. The number of piperidine rings is 1. The number of sulfonamides is 1. The molecule has 2 aromatic rings. The predicted octanol–water partition coefficient (Wildman–Crippen LogP) is 2.82. The maximum Gasteiger partial charge on any atom is 0.338 e. The molecule has 10 heteroatoms. The molecule has 0 bridgehead atoms. The van der Waals surface area contributed by atoms with E-state index < -0.39 is 16.0 Å². The lowest BCUT2D eigenvalue weighted by atomic mass is 9.97. The van der Waals surface area contributed by atoms with Gasteiger partial charge in [-0.25, -0.2) is 17.9 Å². The minimum absolute atomic E-state index is 0.0912. The van der Waals surface area contributed by atoms with Crippen molar-refractivity contribution in [2.75, 3.05) is 25.0 Å². The fourth-order valence-corrected chi connectivity index (χ4v) is 5.50. The predicted molar refractivity (Wildman–Crippen MR) is 122 cm³/mol. The maximum atomic E-state index is 13.0. The lowest BCUT2D eigenvalue weighted by Crippen LogP contribution is -2.41. The number of nitrogens with one attached hydrogen (secondary N) is 1. The molecule has 1 aromatic heterocycles. The second-order valence-electron chi connectivity index (χ2n) is 8.71. The first-order chi connectivity index (χ1) is 15.8. The molecule has 1 aromatic carbocycles. The molecule has 4 rings (SSSR count). The largest absolute Gasteiger partial charge is 0.462 e. The van der Waals surface area contributed by atoms with Gasteiger partial charge in [0.25, 0.3) is 0 Å². The quantitative estimate of drug-likeness (QED) is 0.589. The van der Waals surface area contributed by atoms with Crippen molar-refractivity contribution >= 4 is 27.7 Å². The second kappa shape index (κ2) is 9.64. The van der Waals surface area contributed by atoms with E-state index in [0.29, 0.717) is 24.3 Å². The fraction of sp³-hybridized carbons (Fsp3) is 0.522. The highest BCUT2D eigenvalue weighted by atomic mass is 32.2. The minimum atomic E-state index is -3.70. The van der Waals surface area contributed by atoms with Gasteiger partial charge in [0.15, 0.2) is 0 Å². The Labute approximate surface area is 194 Å². The van der Waals surface area contributed by atoms with Gasteiger partial charge in [-0.15, -0.1) is 0 Å². The number of benzene rings is 1. The van der Waals surface area contributed by atoms with Crippen LogP contribution in [0.3, 0.4) is 0 Å². The zero-order valence-electron chi connectivity index (χ0n) is 19.0. The Kier molecular flexibility index (Phi) is 6.85. The summed E-state index contributed by atoms with van der Waals surface area (Å²) in [5.74, 6) is 0.545. The molecule has 1 saturated carbocycles. The molecule has 0 atom stereocenters. The molecule has 0 unspecified atom stereocenters. The molecule has 9 nitrogen and oxygen atoms in total. The number of amides is 1. The number of hydrogen-bond donors (Lipinski definition) is 1. The molecule has 1 amide bonds. The lowest BCUT2D eigenvalue weighted by Gasteiger charge is -2.30. The van der Waals surface area contributed by atoms with Crippen LogP contribution < -0.4 is 5.32 Å². The van der Waals surface area contributed by atoms with E-state index in [1.165, 1.54) is 41.4 Å². The summed E-state index contributed by atoms with van der Waals surface area (Å²) in [6, 6.07) is 5.75. The van der Waals surface area contributed by atoms with Crippen LogP contribution in [0.2, 0.25) is 0 Å². The van der Waals surface area contributed by atoms with Crippen LogP contribution in [0.5, 0.6) is 0 Å². The standard InChI is InChI=1S/C23H30N4O5S/c1-3-32-23(29)19-6-8-20(9-7-19)33(30,31)26-12-10-18(11-13-26)22(28)25-21-16(2)14-24-27(21)15-17-4-5-17/h6-9,14,17-18H,3-5,10-13,15H2,1-2H3,(H,25,28). The molecule has 2 heterocycles. The van der Waals surface area contributed by atoms with Crippen LogP contribution in [-0.4, -0.2) is 54.1 Å². The first-order valence-electron chi connectivity index (χ1n) is 11.4. The number of anilines is 1. The lowest BCUT2D eigenvalue weighted by molar-refractivity contribution is -0.121. The molecule has 2 fully saturated rings. The summed E-state index contributed by atoms with van der Waals surface area (Å²) in [4.78, 5) is 24.8. The molecule has 1 aliphatic heterocycles. The normalized spacial score (nSPS) is 17.6. The Morgan fingerprint density at radius 1 is 1.12 bits per heavy atom. The molecule has 1 saturated heterocycles. The number of aromatic nitrogens is 2. The van der Waals surface area contributed by atoms with E-state index in [9.17, 15) is 18.0 Å². The Bertz CT molecular complexity index is 1110. The van der Waals surface area contributed by atoms with Gasteiger partial charge in [0.2, 0.25) is 15.9 Å². The summed E-state index contributed by atoms with van der Waals surface area (Å²) in [6.45, 7) is 5.23. The third-order valence-electron chi connectivity index (χ3n) is 6.22. The molecule has 1 N–H and O–H groups in total. The maximum absolute atomic E-state index is 13.0. The molecule has 178 valence electrons. The van der Waals surface area contributed by atoms with Crippen LogP contribution in [0.25, 0.3) is 0 Å². The Morgan fingerprint density at radius 3 is 2.39 bits per heavy atom. The van der Waals surface area contributed by atoms with Gasteiger partial charge in [0.1, 0.15) is 5.82 Å². The van der Waals surface area contributed by atoms with E-state index in [0.717, 1.165) is 17.9 Å². The fourth-order valence-electron chi connectivity index (χ4n) is 4.03. The summed E-state index contributed by atoms with van der Waals surface area (Å²) in [6.07, 6.45) is 5.06. The highest BCUT2D eigenvalue weighted by Crippen LogP contribution is 2.32. The smallest absolute Gasteiger partial charge is 0.338 e. The molecular weight excluding hydrogens is 444 g/mol. The van der Waals surface area contributed by atoms with Crippen LogP contribution in [0.4, 0.5) is 5.82 Å². The van der Waals surface area contributed by atoms with Crippen molar-refractivity contribution in [2.45, 2.75) is 51.0 Å². The van der Waals surface area contributed by atoms with E-state index in [2.05, 4.69) is 10.4 Å². The van der Waals surface area contributed by atoms with E-state index in [-0.39, 0.29) is 36.4 Å². The van der Waals surface area contributed by atoms with Crippen LogP contribution in [-0.2, 0) is 26.1 Å². The van der Waals surface area contributed by atoms with E-state index in [4.69, 9.17) is 4.74 Å². The Morgan fingerprint density at radius 2 is 1.79 bits per heavy atom. The average Bonchev–Trinajstić information content (AvgIpc) is 3.58. The van der Waals surface area contributed by atoms with Crippen molar-refractivity contribution in [2.24, 2.45) is 11.8 Å². The number of rotatable bonds is 8. The van der Waals surface area contributed by atoms with Gasteiger partial charge in [-0.3, -0.25) is 4.79 Å². The number of ether oxygens (including phenoxy) is 1. The van der Waals surface area contributed by atoms with Gasteiger partial charge in [-0.05, 0) is 69.7 Å². The first kappa shape index (κ1) is 23.4. The summed E-state index contributed by atoms with van der Waals surface area (Å²) in [7, 11) is -3.70. The molecule has 0 spiro atoms. The zero-order valence-corrected chi connectivity index (χ0v) is 19.8.